The zero-order valence-corrected chi connectivity index (χ0v) is 20.2. The largest absolute Gasteiger partial charge is 0.366 e. The van der Waals surface area contributed by atoms with Crippen LogP contribution >= 0.6 is 0 Å². The fourth-order valence-corrected chi connectivity index (χ4v) is 5.93. The average molecular weight is 501 g/mol. The molecule has 34 heavy (non-hydrogen) atoms. The number of rotatable bonds is 8. The fraction of sp³-hybridized carbons (Fsp3) is 0.182. The van der Waals surface area contributed by atoms with Crippen molar-refractivity contribution in [1.82, 2.24) is 19.9 Å². The molecule has 2 aromatic heterocycles. The van der Waals surface area contributed by atoms with Crippen LogP contribution in [0.15, 0.2) is 65.8 Å². The maximum Gasteiger partial charge on any atom is 0.240 e. The molecule has 4 aromatic rings. The number of anilines is 1. The summed E-state index contributed by atoms with van der Waals surface area (Å²) in [7, 11) is -7.71. The Balaban J connectivity index is 1.54. The summed E-state index contributed by atoms with van der Waals surface area (Å²) in [5, 5.41) is 7.64. The summed E-state index contributed by atoms with van der Waals surface area (Å²) in [6.45, 7) is 3.84. The van der Waals surface area contributed by atoms with Crippen LogP contribution in [0, 0.1) is 13.8 Å². The van der Waals surface area contributed by atoms with Gasteiger partial charge in [0, 0.05) is 23.6 Å². The smallest absolute Gasteiger partial charge is 0.240 e. The number of nitrogens with one attached hydrogen (secondary N) is 2. The van der Waals surface area contributed by atoms with E-state index in [4.69, 9.17) is 5.84 Å². The number of nitrogens with zero attached hydrogens (tertiary/aromatic N) is 3. The highest BCUT2D eigenvalue weighted by atomic mass is 32.2. The van der Waals surface area contributed by atoms with E-state index in [9.17, 15) is 16.8 Å². The van der Waals surface area contributed by atoms with Gasteiger partial charge in [-0.1, -0.05) is 47.5 Å². The van der Waals surface area contributed by atoms with Crippen molar-refractivity contribution in [2.24, 2.45) is 0 Å². The lowest BCUT2D eigenvalue weighted by Crippen LogP contribution is -2.23. The van der Waals surface area contributed by atoms with Crippen molar-refractivity contribution < 1.29 is 16.8 Å². The number of sulfone groups is 1. The molecule has 0 aliphatic carbocycles. The Bertz CT molecular complexity index is 1520. The standard InChI is InChI=1S/C22H24N6O4S2/c1-15-3-7-17(8-4-15)19-11-24-12-20(19)33(29,30)13-21-25-26-22(28(21)23)14-34(31,32)27-18-9-5-16(2)6-10-18/h3-12,24,27H,13-14,23H2,1-2H3. The predicted molar refractivity (Wildman–Crippen MR) is 129 cm³/mol. The molecule has 4 N–H and O–H groups in total. The van der Waals surface area contributed by atoms with Crippen LogP contribution in [0.5, 0.6) is 0 Å². The first-order chi connectivity index (χ1) is 16.0. The summed E-state index contributed by atoms with van der Waals surface area (Å²) in [4.78, 5) is 2.93. The van der Waals surface area contributed by atoms with Crippen LogP contribution in [0.3, 0.4) is 0 Å². The topological polar surface area (TPSA) is 153 Å². The van der Waals surface area contributed by atoms with E-state index in [1.807, 2.05) is 38.1 Å². The molecule has 2 heterocycles. The molecule has 2 aromatic carbocycles. The van der Waals surface area contributed by atoms with Crippen molar-refractivity contribution in [3.05, 3.63) is 83.7 Å². The molecule has 178 valence electrons. The molecule has 0 radical (unpaired) electrons. The van der Waals surface area contributed by atoms with Gasteiger partial charge in [0.25, 0.3) is 0 Å². The molecule has 0 bridgehead atoms. The number of H-pyrrole nitrogens is 1. The third-order valence-corrected chi connectivity index (χ3v) is 8.04. The summed E-state index contributed by atoms with van der Waals surface area (Å²) in [6, 6.07) is 14.3. The van der Waals surface area contributed by atoms with Gasteiger partial charge >= 0.3 is 0 Å². The van der Waals surface area contributed by atoms with E-state index >= 15 is 0 Å². The summed E-state index contributed by atoms with van der Waals surface area (Å²) in [5.74, 6) is 4.71. The minimum absolute atomic E-state index is 0.0726. The lowest BCUT2D eigenvalue weighted by molar-refractivity contribution is 0.593. The number of sulfonamides is 1. The molecular formula is C22H24N6O4S2. The van der Waals surface area contributed by atoms with Gasteiger partial charge in [-0.05, 0) is 31.5 Å². The molecule has 0 atom stereocenters. The number of nitrogen functional groups attached to an aromatic ring is 1. The molecule has 0 aliphatic rings. The highest BCUT2D eigenvalue weighted by Crippen LogP contribution is 2.29. The second-order valence-electron chi connectivity index (χ2n) is 7.99. The number of benzene rings is 2. The summed E-state index contributed by atoms with van der Waals surface area (Å²) in [6.07, 6.45) is 3.01. The Hall–Kier alpha value is -3.64. The van der Waals surface area contributed by atoms with Gasteiger partial charge in [0.1, 0.15) is 11.5 Å². The molecule has 0 spiro atoms. The van der Waals surface area contributed by atoms with Gasteiger partial charge in [-0.25, -0.2) is 21.5 Å². The lowest BCUT2D eigenvalue weighted by Gasteiger charge is -2.09. The molecule has 0 aliphatic heterocycles. The molecule has 10 nitrogen and oxygen atoms in total. The molecular weight excluding hydrogens is 476 g/mol. The summed E-state index contributed by atoms with van der Waals surface area (Å²) in [5.41, 5.74) is 3.71. The Morgan fingerprint density at radius 3 is 2.03 bits per heavy atom. The molecule has 0 fully saturated rings. The van der Waals surface area contributed by atoms with Gasteiger partial charge in [-0.3, -0.25) is 4.72 Å². The quantitative estimate of drug-likeness (QED) is 0.314. The van der Waals surface area contributed by atoms with Crippen LogP contribution < -0.4 is 10.6 Å². The average Bonchev–Trinajstić information content (AvgIpc) is 3.39. The minimum Gasteiger partial charge on any atom is -0.366 e. The maximum atomic E-state index is 13.2. The maximum absolute atomic E-state index is 13.2. The van der Waals surface area contributed by atoms with Crippen molar-refractivity contribution in [3.8, 4) is 11.1 Å². The van der Waals surface area contributed by atoms with Gasteiger partial charge in [0.15, 0.2) is 21.5 Å². The van der Waals surface area contributed by atoms with E-state index in [2.05, 4.69) is 19.9 Å². The molecule has 0 saturated carbocycles. The van der Waals surface area contributed by atoms with E-state index < -0.39 is 31.4 Å². The van der Waals surface area contributed by atoms with E-state index in [-0.39, 0.29) is 16.5 Å². The van der Waals surface area contributed by atoms with Crippen LogP contribution in [-0.2, 0) is 31.4 Å². The Labute approximate surface area is 197 Å². The van der Waals surface area contributed by atoms with Gasteiger partial charge < -0.3 is 10.8 Å². The Morgan fingerprint density at radius 1 is 0.853 bits per heavy atom. The van der Waals surface area contributed by atoms with Crippen molar-refractivity contribution in [2.75, 3.05) is 10.6 Å². The number of aryl methyl sites for hydroxylation is 2. The molecule has 0 amide bonds. The van der Waals surface area contributed by atoms with Crippen molar-refractivity contribution in [2.45, 2.75) is 30.2 Å². The third kappa shape index (κ3) is 5.13. The number of hydrogen-bond acceptors (Lipinski definition) is 7. The van der Waals surface area contributed by atoms with Crippen LogP contribution in [-0.4, -0.2) is 36.7 Å². The highest BCUT2D eigenvalue weighted by Gasteiger charge is 2.26. The number of aromatic amines is 1. The number of nitrogens with two attached hydrogens (primary N) is 1. The third-order valence-electron chi connectivity index (χ3n) is 5.21. The minimum atomic E-state index is -3.86. The molecule has 0 saturated heterocycles. The van der Waals surface area contributed by atoms with Crippen LogP contribution in [0.1, 0.15) is 22.8 Å². The molecule has 12 heteroatoms. The lowest BCUT2D eigenvalue weighted by atomic mass is 10.1. The zero-order chi connectivity index (χ0) is 24.5. The molecule has 0 unspecified atom stereocenters. The van der Waals surface area contributed by atoms with E-state index in [1.165, 1.54) is 6.20 Å². The Kier molecular flexibility index (Phi) is 6.19. The number of hydrogen-bond donors (Lipinski definition) is 3. The van der Waals surface area contributed by atoms with Crippen LogP contribution in [0.2, 0.25) is 0 Å². The van der Waals surface area contributed by atoms with E-state index in [0.717, 1.165) is 21.4 Å². The van der Waals surface area contributed by atoms with Gasteiger partial charge in [-0.2, -0.15) is 0 Å². The van der Waals surface area contributed by atoms with Gasteiger partial charge in [0.05, 0.1) is 4.90 Å². The first kappa shape index (κ1) is 23.5. The fourth-order valence-electron chi connectivity index (χ4n) is 3.38. The van der Waals surface area contributed by atoms with Gasteiger partial charge in [0.2, 0.25) is 10.0 Å². The van der Waals surface area contributed by atoms with Crippen LogP contribution in [0.4, 0.5) is 5.69 Å². The Morgan fingerprint density at radius 2 is 1.41 bits per heavy atom. The summed E-state index contributed by atoms with van der Waals surface area (Å²) < 4.78 is 54.7. The monoisotopic (exact) mass is 500 g/mol. The second kappa shape index (κ2) is 8.95. The number of aromatic nitrogens is 4. The van der Waals surface area contributed by atoms with E-state index in [0.29, 0.717) is 11.3 Å². The normalized spacial score (nSPS) is 12.1. The van der Waals surface area contributed by atoms with Gasteiger partial charge in [-0.15, -0.1) is 10.2 Å². The highest BCUT2D eigenvalue weighted by molar-refractivity contribution is 7.92. The zero-order valence-electron chi connectivity index (χ0n) is 18.6. The molecule has 4 rings (SSSR count). The van der Waals surface area contributed by atoms with Crippen molar-refractivity contribution >= 4 is 25.5 Å². The predicted octanol–water partition coefficient (Wildman–Crippen LogP) is 2.52. The van der Waals surface area contributed by atoms with Crippen molar-refractivity contribution in [1.29, 1.82) is 0 Å². The van der Waals surface area contributed by atoms with E-state index in [1.54, 1.807) is 30.5 Å². The first-order valence-electron chi connectivity index (χ1n) is 10.3. The van der Waals surface area contributed by atoms with Crippen molar-refractivity contribution in [3.63, 3.8) is 0 Å². The SMILES string of the molecule is Cc1ccc(NS(=O)(=O)Cc2nnc(CS(=O)(=O)c3c[nH]cc3-c3ccc(C)cc3)n2N)cc1. The second-order valence-corrected chi connectivity index (χ2v) is 11.7. The van der Waals surface area contributed by atoms with Crippen LogP contribution in [0.25, 0.3) is 11.1 Å². The summed E-state index contributed by atoms with van der Waals surface area (Å²) >= 11 is 0. The first-order valence-corrected chi connectivity index (χ1v) is 13.6.